The van der Waals surface area contributed by atoms with Crippen molar-refractivity contribution in [2.24, 2.45) is 34.8 Å². The average Bonchev–Trinajstić information content (AvgIpc) is 3.21. The van der Waals surface area contributed by atoms with Gasteiger partial charge in [-0.05, 0) is 74.6 Å². The third kappa shape index (κ3) is 19.5. The van der Waals surface area contributed by atoms with E-state index in [1.165, 1.54) is 0 Å². The highest BCUT2D eigenvalue weighted by Gasteiger charge is 2.31. The molecule has 0 unspecified atom stereocenters. The molecule has 0 saturated heterocycles. The molecule has 8 atom stereocenters. The minimum Gasteiger partial charge on any atom is -0.480 e. The van der Waals surface area contributed by atoms with Crippen LogP contribution in [0.4, 0.5) is 0 Å². The van der Waals surface area contributed by atoms with Gasteiger partial charge in [-0.15, -0.1) is 0 Å². The van der Waals surface area contributed by atoms with Crippen LogP contribution in [0.3, 0.4) is 0 Å². The van der Waals surface area contributed by atoms with E-state index in [2.05, 4.69) is 21.3 Å². The zero-order valence-corrected chi connectivity index (χ0v) is 34.5. The van der Waals surface area contributed by atoms with E-state index in [0.717, 1.165) is 24.0 Å². The number of nitrogens with two attached hydrogens (primary N) is 4. The van der Waals surface area contributed by atoms with E-state index >= 15 is 0 Å². The van der Waals surface area contributed by atoms with E-state index < -0.39 is 71.8 Å². The Morgan fingerprint density at radius 1 is 0.517 bits per heavy atom. The van der Waals surface area contributed by atoms with Crippen LogP contribution in [0, 0.1) is 11.8 Å². The Kier molecular flexibility index (Phi) is 25.1. The number of rotatable bonds is 26. The Morgan fingerprint density at radius 2 is 0.828 bits per heavy atom. The van der Waals surface area contributed by atoms with Gasteiger partial charge in [0.05, 0.1) is 12.1 Å². The molecule has 0 bridgehead atoms. The van der Waals surface area contributed by atoms with Crippen molar-refractivity contribution in [3.8, 4) is 0 Å². The second-order valence-corrected chi connectivity index (χ2v) is 14.7. The first-order valence-electron chi connectivity index (χ1n) is 20.3. The molecule has 0 saturated carbocycles. The summed E-state index contributed by atoms with van der Waals surface area (Å²) in [4.78, 5) is 73.8. The number of carbonyl (C=O) groups excluding carboxylic acids is 4. The summed E-state index contributed by atoms with van der Waals surface area (Å²) >= 11 is 0. The zero-order valence-electron chi connectivity index (χ0n) is 34.5. The van der Waals surface area contributed by atoms with E-state index in [9.17, 15) is 39.0 Å². The molecule has 0 aliphatic carbocycles. The molecule has 16 heteroatoms. The first kappa shape index (κ1) is 51.1. The van der Waals surface area contributed by atoms with Crippen LogP contribution in [0.25, 0.3) is 0 Å². The summed E-state index contributed by atoms with van der Waals surface area (Å²) in [6.45, 7) is 8.53. The van der Waals surface area contributed by atoms with Gasteiger partial charge in [0.15, 0.2) is 0 Å². The molecule has 0 fully saturated rings. The Hall–Kier alpha value is -4.90. The molecule has 14 N–H and O–H groups in total. The van der Waals surface area contributed by atoms with Crippen molar-refractivity contribution < 1.29 is 39.0 Å². The van der Waals surface area contributed by atoms with Crippen molar-refractivity contribution >= 4 is 35.6 Å². The molecule has 0 spiro atoms. The predicted molar refractivity (Wildman–Crippen MR) is 224 cm³/mol. The molecule has 0 radical (unpaired) electrons. The van der Waals surface area contributed by atoms with Crippen molar-refractivity contribution in [2.45, 2.75) is 128 Å². The van der Waals surface area contributed by atoms with Crippen molar-refractivity contribution in [3.05, 3.63) is 71.8 Å². The summed E-state index contributed by atoms with van der Waals surface area (Å²) in [7, 11) is 0. The number of unbranched alkanes of at least 4 members (excludes halogenated alkanes) is 2. The van der Waals surface area contributed by atoms with E-state index in [1.807, 2.05) is 88.4 Å². The number of hydrogen-bond acceptors (Lipinski definition) is 10. The number of carboxylic acid groups (broad SMARTS) is 2. The molecule has 0 aliphatic heterocycles. The number of nitrogens with one attached hydrogen (secondary N) is 4. The SMILES string of the molecule is CC[C@H](C)[C@H](N)C(=O)N[C@@H](Cc1ccccc1)C(=O)N[C@@H](CCCCN)C(=O)O.CC[C@H](C)[C@H](N)C(=O)N[C@@H](Cc1ccccc1)C(=O)N[C@@H](CCCCN)C(=O)O. The van der Waals surface area contributed by atoms with Gasteiger partial charge in [0, 0.05) is 12.8 Å². The lowest BCUT2D eigenvalue weighted by molar-refractivity contribution is -0.143. The van der Waals surface area contributed by atoms with Gasteiger partial charge in [0.25, 0.3) is 0 Å². The summed E-state index contributed by atoms with van der Waals surface area (Å²) in [5.74, 6) is -4.25. The van der Waals surface area contributed by atoms with Gasteiger partial charge < -0.3 is 54.4 Å². The molecule has 324 valence electrons. The number of aliphatic carboxylic acids is 2. The lowest BCUT2D eigenvalue weighted by Gasteiger charge is -2.24. The summed E-state index contributed by atoms with van der Waals surface area (Å²) in [5, 5.41) is 29.3. The van der Waals surface area contributed by atoms with E-state index in [0.29, 0.717) is 38.8 Å². The van der Waals surface area contributed by atoms with Crippen molar-refractivity contribution in [3.63, 3.8) is 0 Å². The van der Waals surface area contributed by atoms with Crippen LogP contribution in [-0.4, -0.2) is 95.1 Å². The Labute approximate surface area is 343 Å². The predicted octanol–water partition coefficient (Wildman–Crippen LogP) is 1.57. The fraction of sp³-hybridized carbons (Fsp3) is 0.571. The van der Waals surface area contributed by atoms with Crippen molar-refractivity contribution in [1.82, 2.24) is 21.3 Å². The maximum atomic E-state index is 12.8. The largest absolute Gasteiger partial charge is 0.480 e. The van der Waals surface area contributed by atoms with Crippen LogP contribution >= 0.6 is 0 Å². The number of hydrogen-bond donors (Lipinski definition) is 10. The summed E-state index contributed by atoms with van der Waals surface area (Å²) in [6, 6.07) is 13.0. The van der Waals surface area contributed by atoms with E-state index in [4.69, 9.17) is 22.9 Å². The fourth-order valence-corrected chi connectivity index (χ4v) is 5.72. The van der Waals surface area contributed by atoms with Crippen LogP contribution in [0.2, 0.25) is 0 Å². The molecule has 0 aromatic heterocycles. The smallest absolute Gasteiger partial charge is 0.326 e. The van der Waals surface area contributed by atoms with Gasteiger partial charge in [-0.2, -0.15) is 0 Å². The highest BCUT2D eigenvalue weighted by molar-refractivity contribution is 5.93. The first-order valence-corrected chi connectivity index (χ1v) is 20.3. The first-order chi connectivity index (χ1) is 27.6. The number of carbonyl (C=O) groups is 6. The van der Waals surface area contributed by atoms with Gasteiger partial charge in [-0.1, -0.05) is 101 Å². The highest BCUT2D eigenvalue weighted by atomic mass is 16.4. The highest BCUT2D eigenvalue weighted by Crippen LogP contribution is 2.11. The Balaban J connectivity index is 0.000000580. The molecular formula is C42H68N8O8. The average molecular weight is 813 g/mol. The van der Waals surface area contributed by atoms with Crippen LogP contribution in [0.5, 0.6) is 0 Å². The van der Waals surface area contributed by atoms with E-state index in [-0.39, 0.29) is 37.5 Å². The van der Waals surface area contributed by atoms with Crippen LogP contribution in [-0.2, 0) is 41.6 Å². The molecule has 58 heavy (non-hydrogen) atoms. The van der Waals surface area contributed by atoms with Gasteiger partial charge >= 0.3 is 11.9 Å². The molecule has 2 aromatic carbocycles. The number of benzene rings is 2. The fourth-order valence-electron chi connectivity index (χ4n) is 5.72. The van der Waals surface area contributed by atoms with Crippen LogP contribution < -0.4 is 44.2 Å². The van der Waals surface area contributed by atoms with Crippen molar-refractivity contribution in [1.29, 1.82) is 0 Å². The second kappa shape index (κ2) is 28.5. The zero-order chi connectivity index (χ0) is 43.6. The minimum absolute atomic E-state index is 0.0431. The normalized spacial score (nSPS) is 15.0. The van der Waals surface area contributed by atoms with Crippen LogP contribution in [0.1, 0.15) is 90.2 Å². The third-order valence-corrected chi connectivity index (χ3v) is 10.1. The quantitative estimate of drug-likeness (QED) is 0.0606. The Bertz CT molecular complexity index is 1420. The summed E-state index contributed by atoms with van der Waals surface area (Å²) < 4.78 is 0. The lowest BCUT2D eigenvalue weighted by Crippen LogP contribution is -2.56. The molecule has 0 aliphatic rings. The molecule has 2 aromatic rings. The summed E-state index contributed by atoms with van der Waals surface area (Å²) in [6.07, 6.45) is 5.00. The van der Waals surface area contributed by atoms with Crippen molar-refractivity contribution in [2.75, 3.05) is 13.1 Å². The maximum Gasteiger partial charge on any atom is 0.326 e. The van der Waals surface area contributed by atoms with Gasteiger partial charge in [-0.25, -0.2) is 9.59 Å². The lowest BCUT2D eigenvalue weighted by atomic mass is 9.98. The van der Waals surface area contributed by atoms with Gasteiger partial charge in [0.1, 0.15) is 24.2 Å². The van der Waals surface area contributed by atoms with Crippen LogP contribution in [0.15, 0.2) is 60.7 Å². The summed E-state index contributed by atoms with van der Waals surface area (Å²) in [5.41, 5.74) is 24.6. The molecule has 2 rings (SSSR count). The molecular weight excluding hydrogens is 745 g/mol. The van der Waals surface area contributed by atoms with E-state index in [1.54, 1.807) is 0 Å². The molecule has 4 amide bonds. The standard InChI is InChI=1S/2C21H34N4O4/c2*1-3-14(2)18(23)20(27)25-17(13-15-9-5-4-6-10-15)19(26)24-16(21(28)29)11-7-8-12-22/h2*4-6,9-10,14,16-18H,3,7-8,11-13,22-23H2,1-2H3,(H,24,26)(H,25,27)(H,28,29)/t2*14-,16-,17-,18-/m00/s1. The van der Waals surface area contributed by atoms with Gasteiger partial charge in [0.2, 0.25) is 23.6 Å². The number of carboxylic acids is 2. The second-order valence-electron chi connectivity index (χ2n) is 14.7. The molecule has 0 heterocycles. The Morgan fingerprint density at radius 3 is 1.10 bits per heavy atom. The maximum absolute atomic E-state index is 12.8. The minimum atomic E-state index is -1.11. The molecule has 16 nitrogen and oxygen atoms in total. The number of amides is 4. The third-order valence-electron chi connectivity index (χ3n) is 10.1. The van der Waals surface area contributed by atoms with Gasteiger partial charge in [-0.3, -0.25) is 19.2 Å². The topological polar surface area (TPSA) is 295 Å². The monoisotopic (exact) mass is 813 g/mol.